The Morgan fingerprint density at radius 3 is 2.70 bits per heavy atom. The first-order valence-electron chi connectivity index (χ1n) is 8.20. The molecule has 0 aromatic carbocycles. The molecule has 2 saturated heterocycles. The number of carbonyl (C=O) groups is 2. The number of aromatic nitrogens is 2. The maximum absolute atomic E-state index is 12.0. The van der Waals surface area contributed by atoms with Gasteiger partial charge in [-0.05, 0) is 25.8 Å². The van der Waals surface area contributed by atoms with Crippen LogP contribution in [-0.4, -0.2) is 62.2 Å². The SMILES string of the molecule is CCn1ccc(CN2CCC3(CC2)C(C(=O)O)CC(=O)N3C)n1. The molecule has 1 spiro atoms. The molecule has 0 bridgehead atoms. The number of piperidine rings is 1. The normalized spacial score (nSPS) is 24.5. The third-order valence-electron chi connectivity index (χ3n) is 5.49. The van der Waals surface area contributed by atoms with Gasteiger partial charge >= 0.3 is 5.97 Å². The van der Waals surface area contributed by atoms with Crippen LogP contribution in [0.15, 0.2) is 12.3 Å². The Kier molecular flexibility index (Phi) is 4.14. The van der Waals surface area contributed by atoms with Gasteiger partial charge < -0.3 is 10.0 Å². The van der Waals surface area contributed by atoms with Gasteiger partial charge in [-0.2, -0.15) is 5.10 Å². The van der Waals surface area contributed by atoms with Gasteiger partial charge in [-0.3, -0.25) is 19.2 Å². The van der Waals surface area contributed by atoms with Gasteiger partial charge in [0.15, 0.2) is 0 Å². The van der Waals surface area contributed by atoms with Gasteiger partial charge in [0.25, 0.3) is 0 Å². The molecule has 3 heterocycles. The second kappa shape index (κ2) is 5.96. The second-order valence-corrected chi connectivity index (χ2v) is 6.59. The number of hydrogen-bond acceptors (Lipinski definition) is 4. The fourth-order valence-corrected chi connectivity index (χ4v) is 3.98. The lowest BCUT2D eigenvalue weighted by Gasteiger charge is -2.45. The molecule has 1 atom stereocenters. The average molecular weight is 320 g/mol. The first-order valence-corrected chi connectivity index (χ1v) is 8.20. The number of carboxylic acids is 1. The maximum Gasteiger partial charge on any atom is 0.309 e. The van der Waals surface area contributed by atoms with Crippen molar-refractivity contribution in [1.29, 1.82) is 0 Å². The molecule has 7 heteroatoms. The van der Waals surface area contributed by atoms with E-state index in [2.05, 4.69) is 16.9 Å². The number of rotatable bonds is 4. The minimum Gasteiger partial charge on any atom is -0.481 e. The largest absolute Gasteiger partial charge is 0.481 e. The molecule has 2 aliphatic heterocycles. The lowest BCUT2D eigenvalue weighted by atomic mass is 9.77. The highest BCUT2D eigenvalue weighted by molar-refractivity contribution is 5.88. The summed E-state index contributed by atoms with van der Waals surface area (Å²) < 4.78 is 1.91. The molecular weight excluding hydrogens is 296 g/mol. The van der Waals surface area contributed by atoms with Crippen molar-refractivity contribution in [3.8, 4) is 0 Å². The first kappa shape index (κ1) is 16.0. The van der Waals surface area contributed by atoms with Crippen LogP contribution in [0, 0.1) is 5.92 Å². The number of carbonyl (C=O) groups excluding carboxylic acids is 1. The van der Waals surface area contributed by atoms with Crippen molar-refractivity contribution in [1.82, 2.24) is 19.6 Å². The number of aryl methyl sites for hydroxylation is 1. The summed E-state index contributed by atoms with van der Waals surface area (Å²) in [4.78, 5) is 27.6. The van der Waals surface area contributed by atoms with E-state index in [9.17, 15) is 14.7 Å². The monoisotopic (exact) mass is 320 g/mol. The third-order valence-corrected chi connectivity index (χ3v) is 5.49. The molecule has 2 fully saturated rings. The summed E-state index contributed by atoms with van der Waals surface area (Å²) in [5, 5.41) is 14.0. The van der Waals surface area contributed by atoms with Crippen molar-refractivity contribution in [3.63, 3.8) is 0 Å². The van der Waals surface area contributed by atoms with Crippen molar-refractivity contribution in [2.75, 3.05) is 20.1 Å². The Labute approximate surface area is 135 Å². The van der Waals surface area contributed by atoms with Crippen molar-refractivity contribution < 1.29 is 14.7 Å². The highest BCUT2D eigenvalue weighted by Gasteiger charge is 2.55. The molecule has 126 valence electrons. The quantitative estimate of drug-likeness (QED) is 0.888. The molecule has 7 nitrogen and oxygen atoms in total. The molecular formula is C16H24N4O3. The minimum atomic E-state index is -0.849. The lowest BCUT2D eigenvalue weighted by Crippen LogP contribution is -2.55. The van der Waals surface area contributed by atoms with Crippen molar-refractivity contribution in [3.05, 3.63) is 18.0 Å². The lowest BCUT2D eigenvalue weighted by molar-refractivity contribution is -0.146. The van der Waals surface area contributed by atoms with Crippen LogP contribution in [0.25, 0.3) is 0 Å². The fraction of sp³-hybridized carbons (Fsp3) is 0.688. The molecule has 1 aromatic heterocycles. The zero-order valence-electron chi connectivity index (χ0n) is 13.7. The predicted molar refractivity (Wildman–Crippen MR) is 83.7 cm³/mol. The Morgan fingerprint density at radius 2 is 2.13 bits per heavy atom. The van der Waals surface area contributed by atoms with E-state index >= 15 is 0 Å². The molecule has 1 amide bonds. The van der Waals surface area contributed by atoms with Crippen LogP contribution in [-0.2, 0) is 22.7 Å². The number of hydrogen-bond donors (Lipinski definition) is 1. The molecule has 1 N–H and O–H groups in total. The van der Waals surface area contributed by atoms with Crippen LogP contribution >= 0.6 is 0 Å². The van der Waals surface area contributed by atoms with Crippen LogP contribution in [0.2, 0.25) is 0 Å². The van der Waals surface area contributed by atoms with Crippen molar-refractivity contribution >= 4 is 11.9 Å². The maximum atomic E-state index is 12.0. The number of aliphatic carboxylic acids is 1. The Hall–Kier alpha value is -1.89. The molecule has 23 heavy (non-hydrogen) atoms. The minimum absolute atomic E-state index is 0.0486. The molecule has 2 aliphatic rings. The molecule has 0 saturated carbocycles. The Balaban J connectivity index is 1.67. The van der Waals surface area contributed by atoms with E-state index in [0.29, 0.717) is 12.8 Å². The van der Waals surface area contributed by atoms with E-state index in [0.717, 1.165) is 31.9 Å². The van der Waals surface area contributed by atoms with Gasteiger partial charge in [0.2, 0.25) is 5.91 Å². The summed E-state index contributed by atoms with van der Waals surface area (Å²) in [5.41, 5.74) is 0.524. The summed E-state index contributed by atoms with van der Waals surface area (Å²) in [6, 6.07) is 2.03. The molecule has 1 unspecified atom stereocenters. The van der Waals surface area contributed by atoms with Crippen LogP contribution < -0.4 is 0 Å². The summed E-state index contributed by atoms with van der Waals surface area (Å²) in [6.07, 6.45) is 3.53. The predicted octanol–water partition coefficient (Wildman–Crippen LogP) is 0.801. The Morgan fingerprint density at radius 1 is 1.43 bits per heavy atom. The van der Waals surface area contributed by atoms with Crippen molar-refractivity contribution in [2.24, 2.45) is 5.92 Å². The van der Waals surface area contributed by atoms with E-state index in [1.165, 1.54) is 0 Å². The zero-order chi connectivity index (χ0) is 16.6. The van der Waals surface area contributed by atoms with Gasteiger partial charge in [-0.1, -0.05) is 0 Å². The van der Waals surface area contributed by atoms with Crippen LogP contribution in [0.3, 0.4) is 0 Å². The van der Waals surface area contributed by atoms with E-state index in [1.807, 2.05) is 16.9 Å². The third kappa shape index (κ3) is 2.73. The van der Waals surface area contributed by atoms with E-state index < -0.39 is 17.4 Å². The van der Waals surface area contributed by atoms with E-state index in [4.69, 9.17) is 0 Å². The number of nitrogens with zero attached hydrogens (tertiary/aromatic N) is 4. The van der Waals surface area contributed by atoms with Gasteiger partial charge in [-0.15, -0.1) is 0 Å². The molecule has 3 rings (SSSR count). The fourth-order valence-electron chi connectivity index (χ4n) is 3.98. The van der Waals surface area contributed by atoms with Crippen LogP contribution in [0.5, 0.6) is 0 Å². The average Bonchev–Trinajstić information content (AvgIpc) is 3.08. The highest BCUT2D eigenvalue weighted by atomic mass is 16.4. The number of amides is 1. The van der Waals surface area contributed by atoms with Crippen LogP contribution in [0.1, 0.15) is 31.9 Å². The summed E-state index contributed by atoms with van der Waals surface area (Å²) >= 11 is 0. The van der Waals surface area contributed by atoms with Crippen LogP contribution in [0.4, 0.5) is 0 Å². The van der Waals surface area contributed by atoms with Gasteiger partial charge in [0.1, 0.15) is 0 Å². The summed E-state index contributed by atoms with van der Waals surface area (Å²) in [7, 11) is 1.75. The summed E-state index contributed by atoms with van der Waals surface area (Å²) in [6.45, 7) is 5.27. The highest BCUT2D eigenvalue weighted by Crippen LogP contribution is 2.42. The molecule has 0 aliphatic carbocycles. The Bertz CT molecular complexity index is 604. The summed E-state index contributed by atoms with van der Waals surface area (Å²) in [5.74, 6) is -1.48. The standard InChI is InChI=1S/C16H24N4O3/c1-3-20-7-4-12(17-20)11-19-8-5-16(6-9-19)13(15(22)23)10-14(21)18(16)2/h4,7,13H,3,5-6,8-11H2,1-2H3,(H,22,23). The van der Waals surface area contributed by atoms with Gasteiger partial charge in [0.05, 0.1) is 17.2 Å². The van der Waals surface area contributed by atoms with E-state index in [-0.39, 0.29) is 12.3 Å². The first-order chi connectivity index (χ1) is 11.0. The molecule has 0 radical (unpaired) electrons. The number of likely N-dealkylation sites (tertiary alicyclic amines) is 2. The smallest absolute Gasteiger partial charge is 0.309 e. The topological polar surface area (TPSA) is 78.7 Å². The van der Waals surface area contributed by atoms with Crippen molar-refractivity contribution in [2.45, 2.75) is 44.8 Å². The zero-order valence-corrected chi connectivity index (χ0v) is 13.7. The number of carboxylic acid groups (broad SMARTS) is 1. The molecule has 1 aromatic rings. The van der Waals surface area contributed by atoms with Gasteiger partial charge in [-0.25, -0.2) is 0 Å². The van der Waals surface area contributed by atoms with Gasteiger partial charge in [0, 0.05) is 45.8 Å². The van der Waals surface area contributed by atoms with E-state index in [1.54, 1.807) is 11.9 Å². The second-order valence-electron chi connectivity index (χ2n) is 6.59.